The van der Waals surface area contributed by atoms with Gasteiger partial charge in [-0.2, -0.15) is 0 Å². The molecule has 4 atom stereocenters. The fourth-order valence-electron chi connectivity index (χ4n) is 6.75. The van der Waals surface area contributed by atoms with Crippen LogP contribution in [0.25, 0.3) is 10.8 Å². The topological polar surface area (TPSA) is 58.6 Å². The molecule has 2 bridgehead atoms. The SMILES string of the molecule is CC(=O)Oc1cc2c(c3ccccc13)C(C)CN2C(=O)C12CCC3(C1)CC3(C)N2. The zero-order valence-electron chi connectivity index (χ0n) is 17.2. The van der Waals surface area contributed by atoms with E-state index in [1.807, 2.05) is 29.2 Å². The van der Waals surface area contributed by atoms with Gasteiger partial charge in [0.15, 0.2) is 0 Å². The van der Waals surface area contributed by atoms with Crippen LogP contribution in [-0.4, -0.2) is 29.5 Å². The number of piperidine rings is 2. The molecule has 0 radical (unpaired) electrons. The number of carbonyl (C=O) groups excluding carboxylic acids is 2. The molecule has 1 spiro atoms. The van der Waals surface area contributed by atoms with Crippen LogP contribution in [0.5, 0.6) is 5.75 Å². The van der Waals surface area contributed by atoms with Crippen LogP contribution >= 0.6 is 0 Å². The highest BCUT2D eigenvalue weighted by molar-refractivity contribution is 6.07. The van der Waals surface area contributed by atoms with E-state index in [1.165, 1.54) is 18.9 Å². The van der Waals surface area contributed by atoms with Crippen LogP contribution in [0.3, 0.4) is 0 Å². The van der Waals surface area contributed by atoms with Crippen molar-refractivity contribution in [2.45, 2.75) is 63.5 Å². The summed E-state index contributed by atoms with van der Waals surface area (Å²) in [4.78, 5) is 27.5. The quantitative estimate of drug-likeness (QED) is 0.624. The summed E-state index contributed by atoms with van der Waals surface area (Å²) in [6, 6.07) is 9.91. The predicted octanol–water partition coefficient (Wildman–Crippen LogP) is 3.89. The van der Waals surface area contributed by atoms with Crippen LogP contribution in [0, 0.1) is 5.41 Å². The predicted molar refractivity (Wildman–Crippen MR) is 111 cm³/mol. The number of benzene rings is 2. The molecule has 2 aromatic carbocycles. The Balaban J connectivity index is 1.47. The molecular formula is C24H26N2O3. The van der Waals surface area contributed by atoms with Crippen molar-refractivity contribution in [1.82, 2.24) is 5.32 Å². The van der Waals surface area contributed by atoms with Crippen LogP contribution in [0.1, 0.15) is 57.9 Å². The third-order valence-corrected chi connectivity index (χ3v) is 8.10. The first-order valence-corrected chi connectivity index (χ1v) is 10.6. The molecule has 150 valence electrons. The largest absolute Gasteiger partial charge is 0.426 e. The summed E-state index contributed by atoms with van der Waals surface area (Å²) in [5.41, 5.74) is 2.13. The third-order valence-electron chi connectivity index (χ3n) is 8.10. The van der Waals surface area contributed by atoms with Crippen molar-refractivity contribution in [3.8, 4) is 5.75 Å². The summed E-state index contributed by atoms with van der Waals surface area (Å²) in [6.07, 6.45) is 4.23. The van der Waals surface area contributed by atoms with Crippen molar-refractivity contribution in [1.29, 1.82) is 0 Å². The lowest BCUT2D eigenvalue weighted by atomic mass is 9.94. The standard InChI is InChI=1S/C24H26N2O3/c1-14-11-26(21(28)24-9-8-23(13-24)12-22(23,3)25-24)18-10-19(29-15(2)27)16-6-4-5-7-17(16)20(14)18/h4-7,10,14,25H,8-9,11-13H2,1-3H3. The molecule has 2 saturated carbocycles. The number of anilines is 1. The van der Waals surface area contributed by atoms with Gasteiger partial charge in [0.05, 0.1) is 11.2 Å². The summed E-state index contributed by atoms with van der Waals surface area (Å²) >= 11 is 0. The van der Waals surface area contributed by atoms with E-state index in [0.29, 0.717) is 17.7 Å². The first-order valence-electron chi connectivity index (χ1n) is 10.6. The zero-order chi connectivity index (χ0) is 20.2. The number of esters is 1. The second-order valence-electron chi connectivity index (χ2n) is 9.94. The Labute approximate surface area is 170 Å². The number of nitrogens with zero attached hydrogens (tertiary/aromatic N) is 1. The lowest BCUT2D eigenvalue weighted by Crippen LogP contribution is -2.58. The van der Waals surface area contributed by atoms with E-state index in [4.69, 9.17) is 4.74 Å². The molecule has 3 fully saturated rings. The molecule has 4 unspecified atom stereocenters. The molecule has 1 N–H and O–H groups in total. The monoisotopic (exact) mass is 390 g/mol. The number of fused-ring (bicyclic) bond motifs is 4. The molecule has 0 aromatic heterocycles. The van der Waals surface area contributed by atoms with E-state index in [0.717, 1.165) is 35.7 Å². The number of ether oxygens (including phenoxy) is 1. The Morgan fingerprint density at radius 3 is 2.59 bits per heavy atom. The fourth-order valence-corrected chi connectivity index (χ4v) is 6.75. The maximum Gasteiger partial charge on any atom is 0.308 e. The minimum absolute atomic E-state index is 0.140. The summed E-state index contributed by atoms with van der Waals surface area (Å²) < 4.78 is 5.55. The normalized spacial score (nSPS) is 36.2. The van der Waals surface area contributed by atoms with Crippen molar-refractivity contribution in [2.24, 2.45) is 5.41 Å². The van der Waals surface area contributed by atoms with Crippen molar-refractivity contribution in [2.75, 3.05) is 11.4 Å². The van der Waals surface area contributed by atoms with E-state index >= 15 is 0 Å². The maximum absolute atomic E-state index is 13.9. The molecule has 1 amide bonds. The van der Waals surface area contributed by atoms with Crippen LogP contribution in [0.15, 0.2) is 30.3 Å². The van der Waals surface area contributed by atoms with Crippen LogP contribution in [0.2, 0.25) is 0 Å². The highest BCUT2D eigenvalue weighted by atomic mass is 16.5. The van der Waals surface area contributed by atoms with E-state index in [9.17, 15) is 9.59 Å². The molecule has 2 aliphatic carbocycles. The second kappa shape index (κ2) is 5.20. The second-order valence-corrected chi connectivity index (χ2v) is 9.94. The van der Waals surface area contributed by atoms with Gasteiger partial charge >= 0.3 is 5.97 Å². The van der Waals surface area contributed by atoms with Crippen LogP contribution in [0.4, 0.5) is 5.69 Å². The first-order chi connectivity index (χ1) is 13.8. The molecular weight excluding hydrogens is 364 g/mol. The van der Waals surface area contributed by atoms with Gasteiger partial charge in [0.25, 0.3) is 0 Å². The summed E-state index contributed by atoms with van der Waals surface area (Å²) in [5.74, 6) is 0.620. The average molecular weight is 390 g/mol. The van der Waals surface area contributed by atoms with Gasteiger partial charge in [-0.15, -0.1) is 0 Å². The van der Waals surface area contributed by atoms with Gasteiger partial charge in [0.2, 0.25) is 5.91 Å². The van der Waals surface area contributed by atoms with Gasteiger partial charge in [-0.25, -0.2) is 0 Å². The van der Waals surface area contributed by atoms with E-state index in [2.05, 4.69) is 25.2 Å². The maximum atomic E-state index is 13.9. The first kappa shape index (κ1) is 17.5. The Morgan fingerprint density at radius 2 is 1.93 bits per heavy atom. The van der Waals surface area contributed by atoms with Crippen molar-refractivity contribution < 1.29 is 14.3 Å². The van der Waals surface area contributed by atoms with Crippen molar-refractivity contribution in [3.63, 3.8) is 0 Å². The van der Waals surface area contributed by atoms with Crippen LogP contribution < -0.4 is 15.0 Å². The van der Waals surface area contributed by atoms with E-state index < -0.39 is 5.54 Å². The van der Waals surface area contributed by atoms with Gasteiger partial charge in [-0.05, 0) is 49.0 Å². The molecule has 6 rings (SSSR count). The summed E-state index contributed by atoms with van der Waals surface area (Å²) in [7, 11) is 0. The van der Waals surface area contributed by atoms with Crippen molar-refractivity contribution in [3.05, 3.63) is 35.9 Å². The van der Waals surface area contributed by atoms with E-state index in [1.54, 1.807) is 0 Å². The minimum Gasteiger partial charge on any atom is -0.426 e. The number of hydrogen-bond donors (Lipinski definition) is 1. The molecule has 2 heterocycles. The summed E-state index contributed by atoms with van der Waals surface area (Å²) in [6.45, 7) is 6.54. The number of rotatable bonds is 2. The number of nitrogens with one attached hydrogen (secondary N) is 1. The molecule has 2 aromatic rings. The highest BCUT2D eigenvalue weighted by Gasteiger charge is 2.78. The Hall–Kier alpha value is -2.40. The average Bonchev–Trinajstić information content (AvgIpc) is 2.94. The smallest absolute Gasteiger partial charge is 0.308 e. The third kappa shape index (κ3) is 2.09. The molecule has 1 saturated heterocycles. The number of hydrogen-bond acceptors (Lipinski definition) is 4. The fraction of sp³-hybridized carbons (Fsp3) is 0.500. The molecule has 4 aliphatic rings. The van der Waals surface area contributed by atoms with Crippen LogP contribution in [-0.2, 0) is 9.59 Å². The Morgan fingerprint density at radius 1 is 1.17 bits per heavy atom. The zero-order valence-corrected chi connectivity index (χ0v) is 17.2. The van der Waals surface area contributed by atoms with Crippen molar-refractivity contribution >= 4 is 28.3 Å². The molecule has 2 aliphatic heterocycles. The molecule has 5 heteroatoms. The summed E-state index contributed by atoms with van der Waals surface area (Å²) in [5, 5.41) is 5.73. The number of carbonyl (C=O) groups is 2. The molecule has 29 heavy (non-hydrogen) atoms. The number of amides is 1. The molecule has 5 nitrogen and oxygen atoms in total. The lowest BCUT2D eigenvalue weighted by molar-refractivity contribution is -0.131. The lowest BCUT2D eigenvalue weighted by Gasteiger charge is -2.34. The minimum atomic E-state index is -0.429. The van der Waals surface area contributed by atoms with Gasteiger partial charge in [0, 0.05) is 36.4 Å². The van der Waals surface area contributed by atoms with Gasteiger partial charge in [0.1, 0.15) is 5.75 Å². The van der Waals surface area contributed by atoms with Gasteiger partial charge in [-0.1, -0.05) is 31.2 Å². The van der Waals surface area contributed by atoms with Gasteiger partial charge in [-0.3, -0.25) is 14.9 Å². The highest BCUT2D eigenvalue weighted by Crippen LogP contribution is 2.73. The Bertz CT molecular complexity index is 1110. The Kier molecular flexibility index (Phi) is 3.13. The van der Waals surface area contributed by atoms with E-state index in [-0.39, 0.29) is 23.3 Å². The van der Waals surface area contributed by atoms with Gasteiger partial charge < -0.3 is 9.64 Å².